The van der Waals surface area contributed by atoms with Gasteiger partial charge in [0.2, 0.25) is 10.0 Å². The van der Waals surface area contributed by atoms with E-state index in [0.717, 1.165) is 25.7 Å². The number of hydrogen-bond acceptors (Lipinski definition) is 4. The van der Waals surface area contributed by atoms with Crippen molar-refractivity contribution >= 4 is 27.6 Å². The van der Waals surface area contributed by atoms with E-state index >= 15 is 0 Å². The van der Waals surface area contributed by atoms with Crippen molar-refractivity contribution in [2.75, 3.05) is 16.6 Å². The Balaban J connectivity index is 1.65. The Hall–Kier alpha value is -2.09. The molecule has 1 aliphatic carbocycles. The third-order valence-corrected chi connectivity index (χ3v) is 7.96. The van der Waals surface area contributed by atoms with Gasteiger partial charge in [0.25, 0.3) is 5.91 Å². The summed E-state index contributed by atoms with van der Waals surface area (Å²) in [7, 11) is -3.33. The van der Waals surface area contributed by atoms with Crippen molar-refractivity contribution in [2.24, 2.45) is 5.92 Å². The van der Waals surface area contributed by atoms with Gasteiger partial charge in [-0.3, -0.25) is 9.10 Å². The summed E-state index contributed by atoms with van der Waals surface area (Å²) < 4.78 is 25.7. The molecule has 1 N–H and O–H groups in total. The number of anilines is 1. The van der Waals surface area contributed by atoms with Gasteiger partial charge in [-0.1, -0.05) is 18.9 Å². The van der Waals surface area contributed by atoms with E-state index in [-0.39, 0.29) is 23.6 Å². The molecular formula is C19H24N2O5S. The van der Waals surface area contributed by atoms with Crippen molar-refractivity contribution in [3.63, 3.8) is 0 Å². The molecule has 0 bridgehead atoms. The zero-order valence-corrected chi connectivity index (χ0v) is 15.9. The zero-order chi connectivity index (χ0) is 19.2. The minimum Gasteiger partial charge on any atom is -0.480 e. The lowest BCUT2D eigenvalue weighted by Gasteiger charge is -2.33. The Bertz CT molecular complexity index is 869. The molecule has 4 rings (SSSR count). The van der Waals surface area contributed by atoms with Crippen LogP contribution < -0.4 is 4.31 Å². The number of likely N-dealkylation sites (tertiary alicyclic amines) is 1. The van der Waals surface area contributed by atoms with Crippen LogP contribution in [0.15, 0.2) is 24.3 Å². The average Bonchev–Trinajstić information content (AvgIpc) is 3.21. The number of carboxylic acids is 1. The average molecular weight is 392 g/mol. The third kappa shape index (κ3) is 3.20. The van der Waals surface area contributed by atoms with E-state index in [1.165, 1.54) is 4.31 Å². The summed E-state index contributed by atoms with van der Waals surface area (Å²) in [5, 5.41) is 9.64. The first-order chi connectivity index (χ1) is 12.9. The Morgan fingerprint density at radius 2 is 1.89 bits per heavy atom. The summed E-state index contributed by atoms with van der Waals surface area (Å²) in [6.45, 7) is 0.409. The standard InChI is InChI=1S/C19H24N2O5S/c22-18(21-16-8-2-1-5-13(16)12-17(21)19(23)24)14-6-3-7-15(11-14)20-9-4-10-27(20,25)26/h3,6-7,11,13,16-17H,1-2,4-5,8-10,12H2,(H,23,24)/t13-,16-,17-/m0/s1. The number of fused-ring (bicyclic) bond motifs is 1. The number of carbonyl (C=O) groups is 2. The highest BCUT2D eigenvalue weighted by Crippen LogP contribution is 2.40. The van der Waals surface area contributed by atoms with Crippen LogP contribution in [0, 0.1) is 5.92 Å². The molecule has 3 fully saturated rings. The van der Waals surface area contributed by atoms with Crippen LogP contribution in [0.1, 0.15) is 48.9 Å². The molecule has 146 valence electrons. The molecule has 1 aromatic carbocycles. The van der Waals surface area contributed by atoms with Crippen LogP contribution in [0.25, 0.3) is 0 Å². The van der Waals surface area contributed by atoms with Crippen molar-refractivity contribution in [1.82, 2.24) is 4.90 Å². The molecule has 0 unspecified atom stereocenters. The second kappa shape index (κ2) is 6.82. The molecule has 0 radical (unpaired) electrons. The number of carboxylic acid groups (broad SMARTS) is 1. The van der Waals surface area contributed by atoms with E-state index < -0.39 is 22.0 Å². The molecule has 0 spiro atoms. The number of hydrogen-bond donors (Lipinski definition) is 1. The van der Waals surface area contributed by atoms with E-state index in [1.54, 1.807) is 29.2 Å². The quantitative estimate of drug-likeness (QED) is 0.850. The van der Waals surface area contributed by atoms with Crippen LogP contribution in [0.2, 0.25) is 0 Å². The summed E-state index contributed by atoms with van der Waals surface area (Å²) in [4.78, 5) is 26.6. The van der Waals surface area contributed by atoms with Gasteiger partial charge in [0.1, 0.15) is 6.04 Å². The fourth-order valence-electron chi connectivity index (χ4n) is 4.85. The van der Waals surface area contributed by atoms with Crippen molar-refractivity contribution in [3.8, 4) is 0 Å². The van der Waals surface area contributed by atoms with Gasteiger partial charge >= 0.3 is 5.97 Å². The highest BCUT2D eigenvalue weighted by Gasteiger charge is 2.47. The van der Waals surface area contributed by atoms with Crippen molar-refractivity contribution < 1.29 is 23.1 Å². The number of sulfonamides is 1. The summed E-state index contributed by atoms with van der Waals surface area (Å²) >= 11 is 0. The normalized spacial score (nSPS) is 29.6. The van der Waals surface area contributed by atoms with Gasteiger partial charge in [0.05, 0.1) is 11.4 Å². The maximum Gasteiger partial charge on any atom is 0.326 e. The third-order valence-electron chi connectivity index (χ3n) is 6.09. The lowest BCUT2D eigenvalue weighted by atomic mass is 9.84. The fraction of sp³-hybridized carbons (Fsp3) is 0.579. The second-order valence-corrected chi connectivity index (χ2v) is 9.72. The highest BCUT2D eigenvalue weighted by atomic mass is 32.2. The van der Waals surface area contributed by atoms with Gasteiger partial charge in [-0.15, -0.1) is 0 Å². The van der Waals surface area contributed by atoms with E-state index in [9.17, 15) is 23.1 Å². The molecular weight excluding hydrogens is 368 g/mol. The van der Waals surface area contributed by atoms with Crippen LogP contribution in [-0.4, -0.2) is 54.7 Å². The van der Waals surface area contributed by atoms with Gasteiger partial charge in [-0.25, -0.2) is 13.2 Å². The van der Waals surface area contributed by atoms with Gasteiger partial charge in [-0.05, 0) is 49.8 Å². The molecule has 1 amide bonds. The van der Waals surface area contributed by atoms with Gasteiger partial charge in [-0.2, -0.15) is 0 Å². The summed E-state index contributed by atoms with van der Waals surface area (Å²) in [6, 6.07) is 5.74. The predicted octanol–water partition coefficient (Wildman–Crippen LogP) is 2.08. The number of benzene rings is 1. The molecule has 7 nitrogen and oxygen atoms in total. The summed E-state index contributed by atoms with van der Waals surface area (Å²) in [5.74, 6) is -0.917. The Morgan fingerprint density at radius 1 is 1.11 bits per heavy atom. The first-order valence-electron chi connectivity index (χ1n) is 9.54. The molecule has 1 aromatic rings. The van der Waals surface area contributed by atoms with Gasteiger partial charge < -0.3 is 10.0 Å². The predicted molar refractivity (Wildman–Crippen MR) is 100 cm³/mol. The van der Waals surface area contributed by atoms with Crippen molar-refractivity contribution in [1.29, 1.82) is 0 Å². The molecule has 27 heavy (non-hydrogen) atoms. The molecule has 0 aromatic heterocycles. The number of amides is 1. The minimum absolute atomic E-state index is 0.0356. The largest absolute Gasteiger partial charge is 0.480 e. The van der Waals surface area contributed by atoms with Crippen LogP contribution >= 0.6 is 0 Å². The first kappa shape index (κ1) is 18.3. The Kier molecular flexibility index (Phi) is 4.61. The summed E-state index contributed by atoms with van der Waals surface area (Å²) in [6.07, 6.45) is 4.95. The molecule has 3 atom stereocenters. The van der Waals surface area contributed by atoms with E-state index in [4.69, 9.17) is 0 Å². The van der Waals surface area contributed by atoms with E-state index in [1.807, 2.05) is 0 Å². The van der Waals surface area contributed by atoms with Crippen molar-refractivity contribution in [3.05, 3.63) is 29.8 Å². The molecule has 2 saturated heterocycles. The second-order valence-electron chi connectivity index (χ2n) is 7.71. The smallest absolute Gasteiger partial charge is 0.326 e. The summed E-state index contributed by atoms with van der Waals surface area (Å²) in [5.41, 5.74) is 0.830. The molecule has 2 aliphatic heterocycles. The van der Waals surface area contributed by atoms with Crippen LogP contribution in [0.5, 0.6) is 0 Å². The number of carbonyl (C=O) groups excluding carboxylic acids is 1. The van der Waals surface area contributed by atoms with Crippen LogP contribution in [-0.2, 0) is 14.8 Å². The highest BCUT2D eigenvalue weighted by molar-refractivity contribution is 7.93. The molecule has 3 aliphatic rings. The monoisotopic (exact) mass is 392 g/mol. The topological polar surface area (TPSA) is 95.0 Å². The molecule has 8 heteroatoms. The SMILES string of the molecule is O=C(O)[C@@H]1C[C@@H]2CCCC[C@@H]2N1C(=O)c1cccc(N2CCCS2(=O)=O)c1. The van der Waals surface area contributed by atoms with Crippen LogP contribution in [0.4, 0.5) is 5.69 Å². The van der Waals surface area contributed by atoms with Crippen molar-refractivity contribution in [2.45, 2.75) is 50.6 Å². The Morgan fingerprint density at radius 3 is 2.59 bits per heavy atom. The van der Waals surface area contributed by atoms with E-state index in [2.05, 4.69) is 0 Å². The van der Waals surface area contributed by atoms with Gasteiger partial charge in [0.15, 0.2) is 0 Å². The zero-order valence-electron chi connectivity index (χ0n) is 15.1. The fourth-order valence-corrected chi connectivity index (χ4v) is 6.40. The Labute approximate surface area is 159 Å². The lowest BCUT2D eigenvalue weighted by Crippen LogP contribution is -2.46. The van der Waals surface area contributed by atoms with E-state index in [0.29, 0.717) is 30.6 Å². The van der Waals surface area contributed by atoms with Crippen LogP contribution in [0.3, 0.4) is 0 Å². The first-order valence-corrected chi connectivity index (χ1v) is 11.2. The maximum absolute atomic E-state index is 13.2. The molecule has 2 heterocycles. The lowest BCUT2D eigenvalue weighted by molar-refractivity contribution is -0.141. The number of nitrogens with zero attached hydrogens (tertiary/aromatic N) is 2. The number of aliphatic carboxylic acids is 1. The maximum atomic E-state index is 13.2. The molecule has 1 saturated carbocycles. The number of rotatable bonds is 3. The van der Waals surface area contributed by atoms with Gasteiger partial charge in [0, 0.05) is 18.2 Å². The minimum atomic E-state index is -3.33.